The largest absolute Gasteiger partial charge is 0.337 e. The molecule has 0 unspecified atom stereocenters. The number of amides is 1. The van der Waals surface area contributed by atoms with Crippen molar-refractivity contribution in [1.82, 2.24) is 15.4 Å². The molecule has 0 spiro atoms. The van der Waals surface area contributed by atoms with Crippen molar-refractivity contribution in [2.75, 3.05) is 0 Å². The van der Waals surface area contributed by atoms with E-state index < -0.39 is 0 Å². The number of nitrogens with one attached hydrogen (secondary N) is 2. The molecule has 5 nitrogen and oxygen atoms in total. The lowest BCUT2D eigenvalue weighted by Gasteiger charge is -2.08. The number of hydrogen-bond acceptors (Lipinski definition) is 3. The first kappa shape index (κ1) is 10.3. The van der Waals surface area contributed by atoms with Gasteiger partial charge in [0.15, 0.2) is 5.82 Å². The van der Waals surface area contributed by atoms with Gasteiger partial charge >= 0.3 is 0 Å². The van der Waals surface area contributed by atoms with Gasteiger partial charge in [-0.25, -0.2) is 10.4 Å². The van der Waals surface area contributed by atoms with Gasteiger partial charge < -0.3 is 4.98 Å². The third-order valence-corrected chi connectivity index (χ3v) is 2.86. The second-order valence-corrected chi connectivity index (χ2v) is 4.28. The number of halogens is 1. The Morgan fingerprint density at radius 1 is 1.29 bits per heavy atom. The van der Waals surface area contributed by atoms with E-state index in [1.165, 1.54) is 0 Å². The summed E-state index contributed by atoms with van der Waals surface area (Å²) in [4.78, 5) is 18.5. The molecule has 0 bridgehead atoms. The molecule has 0 aliphatic carbocycles. The van der Waals surface area contributed by atoms with Crippen molar-refractivity contribution < 1.29 is 4.79 Å². The number of aromatic amines is 1. The third kappa shape index (κ3) is 1.89. The number of aromatic nitrogens is 2. The number of nitrogens with zero attached hydrogens (tertiary/aromatic N) is 2. The minimum absolute atomic E-state index is 0.0621. The van der Waals surface area contributed by atoms with E-state index >= 15 is 0 Å². The summed E-state index contributed by atoms with van der Waals surface area (Å²) in [5, 5.41) is 4.65. The van der Waals surface area contributed by atoms with Crippen LogP contribution >= 0.6 is 11.6 Å². The van der Waals surface area contributed by atoms with Crippen LogP contribution in [0.5, 0.6) is 0 Å². The van der Waals surface area contributed by atoms with Gasteiger partial charge in [0.2, 0.25) is 5.91 Å². The van der Waals surface area contributed by atoms with Gasteiger partial charge in [0.1, 0.15) is 5.71 Å². The monoisotopic (exact) mass is 248 g/mol. The zero-order chi connectivity index (χ0) is 11.8. The summed E-state index contributed by atoms with van der Waals surface area (Å²) >= 11 is 5.90. The SMILES string of the molecule is O=C1CCC(c2nc3ccc(Cl)cc3[nH]2)=NN1. The molecule has 2 aromatic rings. The van der Waals surface area contributed by atoms with E-state index in [2.05, 4.69) is 20.5 Å². The Bertz CT molecular complexity index is 631. The van der Waals surface area contributed by atoms with E-state index in [0.29, 0.717) is 23.7 Å². The highest BCUT2D eigenvalue weighted by Gasteiger charge is 2.16. The van der Waals surface area contributed by atoms with Gasteiger partial charge in [0, 0.05) is 17.9 Å². The second kappa shape index (κ2) is 3.85. The van der Waals surface area contributed by atoms with E-state index in [1.807, 2.05) is 12.1 Å². The van der Waals surface area contributed by atoms with Gasteiger partial charge in [-0.1, -0.05) is 11.6 Å². The standard InChI is InChI=1S/C11H9ClN4O/c12-6-1-2-7-9(5-6)14-11(13-7)8-3-4-10(17)16-15-8/h1-2,5H,3-4H2,(H,13,14)(H,16,17). The normalized spacial score (nSPS) is 15.8. The van der Waals surface area contributed by atoms with Crippen LogP contribution in [0.1, 0.15) is 18.7 Å². The Hall–Kier alpha value is -1.88. The Kier molecular flexibility index (Phi) is 2.33. The summed E-state index contributed by atoms with van der Waals surface area (Å²) in [7, 11) is 0. The fourth-order valence-corrected chi connectivity index (χ4v) is 1.94. The van der Waals surface area contributed by atoms with Crippen LogP contribution in [-0.2, 0) is 4.79 Å². The highest BCUT2D eigenvalue weighted by Crippen LogP contribution is 2.18. The molecule has 86 valence electrons. The predicted molar refractivity (Wildman–Crippen MR) is 65.0 cm³/mol. The maximum Gasteiger partial charge on any atom is 0.240 e. The minimum atomic E-state index is -0.0621. The average molecular weight is 249 g/mol. The number of carbonyl (C=O) groups is 1. The van der Waals surface area contributed by atoms with Gasteiger partial charge in [-0.3, -0.25) is 4.79 Å². The molecule has 1 aromatic carbocycles. The second-order valence-electron chi connectivity index (χ2n) is 3.84. The maximum atomic E-state index is 11.0. The highest BCUT2D eigenvalue weighted by molar-refractivity contribution is 6.31. The molecule has 0 saturated heterocycles. The number of carbonyl (C=O) groups excluding carboxylic acids is 1. The minimum Gasteiger partial charge on any atom is -0.337 e. The fourth-order valence-electron chi connectivity index (χ4n) is 1.76. The molecular weight excluding hydrogens is 240 g/mol. The summed E-state index contributed by atoms with van der Waals surface area (Å²) in [6.07, 6.45) is 1.04. The lowest BCUT2D eigenvalue weighted by molar-refractivity contribution is -0.121. The van der Waals surface area contributed by atoms with Crippen LogP contribution in [0.4, 0.5) is 0 Å². The molecule has 0 atom stereocenters. The van der Waals surface area contributed by atoms with Gasteiger partial charge in [-0.15, -0.1) is 0 Å². The fraction of sp³-hybridized carbons (Fsp3) is 0.182. The number of imidazole rings is 1. The lowest BCUT2D eigenvalue weighted by atomic mass is 10.2. The van der Waals surface area contributed by atoms with E-state index in [4.69, 9.17) is 11.6 Å². The zero-order valence-electron chi connectivity index (χ0n) is 8.83. The molecule has 1 aliphatic heterocycles. The zero-order valence-corrected chi connectivity index (χ0v) is 9.58. The van der Waals surface area contributed by atoms with Crippen molar-refractivity contribution in [3.05, 3.63) is 29.0 Å². The number of benzene rings is 1. The van der Waals surface area contributed by atoms with Crippen LogP contribution in [0.15, 0.2) is 23.3 Å². The van der Waals surface area contributed by atoms with Crippen LogP contribution in [0, 0.1) is 0 Å². The predicted octanol–water partition coefficient (Wildman–Crippen LogP) is 1.83. The molecule has 1 amide bonds. The van der Waals surface area contributed by atoms with Gasteiger partial charge in [0.25, 0.3) is 0 Å². The Labute approximate surface area is 102 Å². The maximum absolute atomic E-state index is 11.0. The Morgan fingerprint density at radius 3 is 2.94 bits per heavy atom. The first-order valence-corrected chi connectivity index (χ1v) is 5.61. The average Bonchev–Trinajstić information content (AvgIpc) is 2.72. The summed E-state index contributed by atoms with van der Waals surface area (Å²) in [5.74, 6) is 0.621. The molecular formula is C11H9ClN4O. The molecule has 6 heteroatoms. The van der Waals surface area contributed by atoms with Crippen LogP contribution in [0.3, 0.4) is 0 Å². The van der Waals surface area contributed by atoms with Crippen molar-refractivity contribution in [1.29, 1.82) is 0 Å². The van der Waals surface area contributed by atoms with Gasteiger partial charge in [-0.05, 0) is 18.2 Å². The van der Waals surface area contributed by atoms with Crippen molar-refractivity contribution in [3.8, 4) is 0 Å². The first-order chi connectivity index (χ1) is 8.22. The molecule has 0 saturated carbocycles. The topological polar surface area (TPSA) is 70.1 Å². The van der Waals surface area contributed by atoms with E-state index in [9.17, 15) is 4.79 Å². The molecule has 0 radical (unpaired) electrons. The summed E-state index contributed by atoms with van der Waals surface area (Å²) in [6, 6.07) is 5.45. The molecule has 1 aromatic heterocycles. The molecule has 0 fully saturated rings. The summed E-state index contributed by atoms with van der Waals surface area (Å²) < 4.78 is 0. The summed E-state index contributed by atoms with van der Waals surface area (Å²) in [6.45, 7) is 0. The molecule has 17 heavy (non-hydrogen) atoms. The number of H-pyrrole nitrogens is 1. The van der Waals surface area contributed by atoms with Crippen molar-refractivity contribution in [2.24, 2.45) is 5.10 Å². The highest BCUT2D eigenvalue weighted by atomic mass is 35.5. The van der Waals surface area contributed by atoms with Crippen LogP contribution in [-0.4, -0.2) is 21.6 Å². The van der Waals surface area contributed by atoms with Gasteiger partial charge in [0.05, 0.1) is 11.0 Å². The van der Waals surface area contributed by atoms with Crippen LogP contribution < -0.4 is 5.43 Å². The molecule has 1 aliphatic rings. The van der Waals surface area contributed by atoms with Crippen LogP contribution in [0.2, 0.25) is 5.02 Å². The van der Waals surface area contributed by atoms with Crippen molar-refractivity contribution in [2.45, 2.75) is 12.8 Å². The number of fused-ring (bicyclic) bond motifs is 1. The Balaban J connectivity index is 2.03. The summed E-state index contributed by atoms with van der Waals surface area (Å²) in [5.41, 5.74) is 4.92. The van der Waals surface area contributed by atoms with Gasteiger partial charge in [-0.2, -0.15) is 5.10 Å². The first-order valence-electron chi connectivity index (χ1n) is 5.23. The molecule has 2 heterocycles. The Morgan fingerprint density at radius 2 is 2.18 bits per heavy atom. The molecule has 3 rings (SSSR count). The molecule has 2 N–H and O–H groups in total. The van der Waals surface area contributed by atoms with E-state index in [0.717, 1.165) is 16.7 Å². The van der Waals surface area contributed by atoms with Crippen molar-refractivity contribution in [3.63, 3.8) is 0 Å². The number of hydrogen-bond donors (Lipinski definition) is 2. The number of hydrazone groups is 1. The number of rotatable bonds is 1. The van der Waals surface area contributed by atoms with E-state index in [1.54, 1.807) is 6.07 Å². The third-order valence-electron chi connectivity index (χ3n) is 2.62. The smallest absolute Gasteiger partial charge is 0.240 e. The van der Waals surface area contributed by atoms with Crippen molar-refractivity contribution >= 4 is 34.3 Å². The van der Waals surface area contributed by atoms with E-state index in [-0.39, 0.29) is 5.91 Å². The quantitative estimate of drug-likeness (QED) is 0.808. The lowest BCUT2D eigenvalue weighted by Crippen LogP contribution is -2.26. The van der Waals surface area contributed by atoms with Crippen LogP contribution in [0.25, 0.3) is 11.0 Å².